The van der Waals surface area contributed by atoms with Gasteiger partial charge in [-0.05, 0) is 24.0 Å². The first-order valence-electron chi connectivity index (χ1n) is 4.26. The van der Waals surface area contributed by atoms with Gasteiger partial charge in [0.1, 0.15) is 0 Å². The smallest absolute Gasteiger partial charge is 0.0438 e. The third-order valence-corrected chi connectivity index (χ3v) is 2.96. The summed E-state index contributed by atoms with van der Waals surface area (Å²) in [4.78, 5) is 5.91. The molecule has 0 N–H and O–H groups in total. The number of rotatable bonds is 3. The lowest BCUT2D eigenvalue weighted by Gasteiger charge is -2.16. The Kier molecular flexibility index (Phi) is 3.60. The van der Waals surface area contributed by atoms with Gasteiger partial charge in [-0.3, -0.25) is 4.99 Å². The topological polar surface area (TPSA) is 12.4 Å². The minimum atomic E-state index is 0.955. The number of dihydropyridines is 1. The normalized spacial score (nSPS) is 17.7. The van der Waals surface area contributed by atoms with Gasteiger partial charge in [0.15, 0.2) is 0 Å². The van der Waals surface area contributed by atoms with Gasteiger partial charge in [-0.15, -0.1) is 11.8 Å². The molecule has 12 heavy (non-hydrogen) atoms. The Balaban J connectivity index is 2.97. The molecule has 1 heterocycles. The molecule has 0 radical (unpaired) electrons. The molecule has 0 bridgehead atoms. The molecular weight excluding hydrogens is 166 g/mol. The summed E-state index contributed by atoms with van der Waals surface area (Å²) in [5.74, 6) is 0. The monoisotopic (exact) mass is 181 g/mol. The summed E-state index contributed by atoms with van der Waals surface area (Å²) in [7, 11) is 0. The van der Waals surface area contributed by atoms with E-state index in [4.69, 9.17) is 0 Å². The maximum atomic E-state index is 4.47. The molecule has 0 fully saturated rings. The SMILES string of the molecule is C=CC1=C(SC)CCN=C1CC. The minimum absolute atomic E-state index is 0.955. The summed E-state index contributed by atoms with van der Waals surface area (Å²) >= 11 is 1.83. The van der Waals surface area contributed by atoms with Crippen molar-refractivity contribution in [3.63, 3.8) is 0 Å². The lowest BCUT2D eigenvalue weighted by atomic mass is 10.0. The first-order chi connectivity index (χ1) is 5.83. The Hall–Kier alpha value is -0.500. The van der Waals surface area contributed by atoms with Crippen LogP contribution in [0.1, 0.15) is 19.8 Å². The molecule has 0 aromatic carbocycles. The first-order valence-corrected chi connectivity index (χ1v) is 5.49. The van der Waals surface area contributed by atoms with E-state index in [1.165, 1.54) is 16.2 Å². The van der Waals surface area contributed by atoms with Crippen LogP contribution in [0, 0.1) is 0 Å². The zero-order valence-electron chi connectivity index (χ0n) is 7.76. The van der Waals surface area contributed by atoms with Crippen LogP contribution in [0.5, 0.6) is 0 Å². The highest BCUT2D eigenvalue weighted by Crippen LogP contribution is 2.26. The Morgan fingerprint density at radius 3 is 2.92 bits per heavy atom. The molecule has 0 spiro atoms. The quantitative estimate of drug-likeness (QED) is 0.652. The van der Waals surface area contributed by atoms with Crippen LogP contribution < -0.4 is 0 Å². The standard InChI is InChI=1S/C10H15NS/c1-4-8-9(5-2)11-7-6-10(8)12-3/h4H,1,5-7H2,2-3H3. The highest BCUT2D eigenvalue weighted by molar-refractivity contribution is 8.02. The molecule has 1 aliphatic rings. The van der Waals surface area contributed by atoms with E-state index in [2.05, 4.69) is 24.8 Å². The maximum absolute atomic E-state index is 4.47. The van der Waals surface area contributed by atoms with E-state index >= 15 is 0 Å². The lowest BCUT2D eigenvalue weighted by Crippen LogP contribution is -2.08. The molecule has 0 aromatic heterocycles. The number of hydrogen-bond acceptors (Lipinski definition) is 2. The third kappa shape index (κ3) is 1.81. The fraction of sp³-hybridized carbons (Fsp3) is 0.500. The van der Waals surface area contributed by atoms with E-state index in [9.17, 15) is 0 Å². The van der Waals surface area contributed by atoms with Crippen molar-refractivity contribution in [2.45, 2.75) is 19.8 Å². The van der Waals surface area contributed by atoms with Crippen molar-refractivity contribution in [3.05, 3.63) is 23.1 Å². The predicted molar refractivity (Wildman–Crippen MR) is 57.9 cm³/mol. The molecule has 0 unspecified atom stereocenters. The molecule has 2 heteroatoms. The van der Waals surface area contributed by atoms with Crippen LogP contribution in [0.25, 0.3) is 0 Å². The number of nitrogens with zero attached hydrogens (tertiary/aromatic N) is 1. The van der Waals surface area contributed by atoms with Crippen molar-refractivity contribution < 1.29 is 0 Å². The molecule has 1 aliphatic heterocycles. The minimum Gasteiger partial charge on any atom is -0.289 e. The average molecular weight is 181 g/mol. The molecule has 0 saturated carbocycles. The maximum Gasteiger partial charge on any atom is 0.0438 e. The van der Waals surface area contributed by atoms with Gasteiger partial charge in [-0.25, -0.2) is 0 Å². The molecular formula is C10H15NS. The summed E-state index contributed by atoms with van der Waals surface area (Å²) in [6.07, 6.45) is 6.17. The second kappa shape index (κ2) is 4.51. The number of thioether (sulfide) groups is 1. The molecule has 0 atom stereocenters. The van der Waals surface area contributed by atoms with E-state index in [0.29, 0.717) is 0 Å². The van der Waals surface area contributed by atoms with Gasteiger partial charge in [-0.2, -0.15) is 0 Å². The number of hydrogen-bond donors (Lipinski definition) is 0. The van der Waals surface area contributed by atoms with Crippen molar-refractivity contribution in [2.75, 3.05) is 12.8 Å². The number of aliphatic imine (C=N–C) groups is 1. The molecule has 0 amide bonds. The molecule has 1 rings (SSSR count). The van der Waals surface area contributed by atoms with Crippen LogP contribution in [0.2, 0.25) is 0 Å². The van der Waals surface area contributed by atoms with E-state index in [0.717, 1.165) is 19.4 Å². The average Bonchev–Trinajstić information content (AvgIpc) is 2.16. The van der Waals surface area contributed by atoms with Crippen LogP contribution in [-0.2, 0) is 0 Å². The second-order valence-electron chi connectivity index (χ2n) is 2.68. The van der Waals surface area contributed by atoms with Crippen molar-refractivity contribution >= 4 is 17.5 Å². The lowest BCUT2D eigenvalue weighted by molar-refractivity contribution is 0.959. The van der Waals surface area contributed by atoms with E-state index in [1.807, 2.05) is 17.8 Å². The second-order valence-corrected chi connectivity index (χ2v) is 3.58. The highest BCUT2D eigenvalue weighted by atomic mass is 32.2. The Labute approximate surface area is 78.7 Å². The summed E-state index contributed by atoms with van der Waals surface area (Å²) < 4.78 is 0. The van der Waals surface area contributed by atoms with Gasteiger partial charge >= 0.3 is 0 Å². The number of allylic oxidation sites excluding steroid dienone is 2. The zero-order valence-corrected chi connectivity index (χ0v) is 8.58. The van der Waals surface area contributed by atoms with Crippen LogP contribution in [0.3, 0.4) is 0 Å². The van der Waals surface area contributed by atoms with Crippen molar-refractivity contribution in [2.24, 2.45) is 4.99 Å². The largest absolute Gasteiger partial charge is 0.289 e. The fourth-order valence-corrected chi connectivity index (χ4v) is 2.14. The van der Waals surface area contributed by atoms with E-state index in [1.54, 1.807) is 0 Å². The van der Waals surface area contributed by atoms with Crippen molar-refractivity contribution in [3.8, 4) is 0 Å². The van der Waals surface area contributed by atoms with Gasteiger partial charge in [0.2, 0.25) is 0 Å². The predicted octanol–water partition coefficient (Wildman–Crippen LogP) is 3.04. The molecule has 0 aliphatic carbocycles. The molecule has 0 saturated heterocycles. The van der Waals surface area contributed by atoms with E-state index in [-0.39, 0.29) is 0 Å². The van der Waals surface area contributed by atoms with Crippen LogP contribution in [0.15, 0.2) is 28.1 Å². The van der Waals surface area contributed by atoms with Crippen LogP contribution in [-0.4, -0.2) is 18.5 Å². The van der Waals surface area contributed by atoms with Gasteiger partial charge < -0.3 is 0 Å². The summed E-state index contributed by atoms with van der Waals surface area (Å²) in [6, 6.07) is 0. The summed E-state index contributed by atoms with van der Waals surface area (Å²) in [6.45, 7) is 6.93. The Morgan fingerprint density at radius 2 is 2.42 bits per heavy atom. The summed E-state index contributed by atoms with van der Waals surface area (Å²) in [5.41, 5.74) is 2.50. The van der Waals surface area contributed by atoms with Crippen LogP contribution in [0.4, 0.5) is 0 Å². The Morgan fingerprint density at radius 1 is 1.67 bits per heavy atom. The molecule has 0 aromatic rings. The highest BCUT2D eigenvalue weighted by Gasteiger charge is 2.12. The van der Waals surface area contributed by atoms with Gasteiger partial charge in [0.05, 0.1) is 0 Å². The van der Waals surface area contributed by atoms with Gasteiger partial charge in [0.25, 0.3) is 0 Å². The zero-order chi connectivity index (χ0) is 8.97. The Bertz CT molecular complexity index is 238. The fourth-order valence-electron chi connectivity index (χ4n) is 1.42. The van der Waals surface area contributed by atoms with Crippen molar-refractivity contribution in [1.82, 2.24) is 0 Å². The van der Waals surface area contributed by atoms with Crippen LogP contribution >= 0.6 is 11.8 Å². The van der Waals surface area contributed by atoms with Crippen molar-refractivity contribution in [1.29, 1.82) is 0 Å². The van der Waals surface area contributed by atoms with Gasteiger partial charge in [-0.1, -0.05) is 19.6 Å². The third-order valence-electron chi connectivity index (χ3n) is 2.04. The molecule has 1 nitrogen and oxygen atoms in total. The van der Waals surface area contributed by atoms with E-state index < -0.39 is 0 Å². The first kappa shape index (κ1) is 9.59. The summed E-state index contributed by atoms with van der Waals surface area (Å²) in [5, 5.41) is 0. The molecule has 66 valence electrons. The van der Waals surface area contributed by atoms with Gasteiger partial charge in [0, 0.05) is 17.8 Å².